The van der Waals surface area contributed by atoms with E-state index in [9.17, 15) is 4.79 Å². The number of anilines is 1. The highest BCUT2D eigenvalue weighted by molar-refractivity contribution is 6.15. The van der Waals surface area contributed by atoms with Crippen molar-refractivity contribution in [3.8, 4) is 0 Å². The predicted octanol–water partition coefficient (Wildman–Crippen LogP) is 4.87. The number of hydrogen-bond acceptors (Lipinski definition) is 1. The van der Waals surface area contributed by atoms with Gasteiger partial charge in [0.15, 0.2) is 0 Å². The van der Waals surface area contributed by atoms with Gasteiger partial charge >= 0.3 is 0 Å². The molecule has 4 rings (SSSR count). The summed E-state index contributed by atoms with van der Waals surface area (Å²) >= 11 is 0. The summed E-state index contributed by atoms with van der Waals surface area (Å²) in [7, 11) is 1.84. The van der Waals surface area contributed by atoms with E-state index in [4.69, 9.17) is 0 Å². The lowest BCUT2D eigenvalue weighted by atomic mass is 9.92. The SMILES string of the molecule is CN1C(=O)c2ccccc2/C(=C/c2ccccc2)c2ccccc21. The van der Waals surface area contributed by atoms with E-state index in [1.54, 1.807) is 4.90 Å². The van der Waals surface area contributed by atoms with Gasteiger partial charge in [0.25, 0.3) is 5.91 Å². The Hall–Kier alpha value is -3.13. The minimum atomic E-state index is 0.0227. The Morgan fingerprint density at radius 2 is 1.29 bits per heavy atom. The van der Waals surface area contributed by atoms with Gasteiger partial charge < -0.3 is 4.90 Å². The molecule has 24 heavy (non-hydrogen) atoms. The smallest absolute Gasteiger partial charge is 0.258 e. The minimum absolute atomic E-state index is 0.0227. The molecular weight excluding hydrogens is 294 g/mol. The molecule has 1 amide bonds. The summed E-state index contributed by atoms with van der Waals surface area (Å²) in [4.78, 5) is 14.6. The summed E-state index contributed by atoms with van der Waals surface area (Å²) < 4.78 is 0. The Bertz CT molecular complexity index is 941. The van der Waals surface area contributed by atoms with Crippen molar-refractivity contribution in [3.05, 3.63) is 101 Å². The highest BCUT2D eigenvalue weighted by atomic mass is 16.2. The van der Waals surface area contributed by atoms with Crippen molar-refractivity contribution in [2.24, 2.45) is 0 Å². The third kappa shape index (κ3) is 2.33. The monoisotopic (exact) mass is 311 g/mol. The largest absolute Gasteiger partial charge is 0.311 e. The summed E-state index contributed by atoms with van der Waals surface area (Å²) in [6.07, 6.45) is 2.16. The summed E-state index contributed by atoms with van der Waals surface area (Å²) in [6, 6.07) is 26.1. The van der Waals surface area contributed by atoms with Crippen molar-refractivity contribution < 1.29 is 4.79 Å². The second-order valence-electron chi connectivity index (χ2n) is 5.90. The van der Waals surface area contributed by atoms with Crippen LogP contribution in [0.4, 0.5) is 5.69 Å². The number of para-hydroxylation sites is 1. The molecule has 0 N–H and O–H groups in total. The fourth-order valence-corrected chi connectivity index (χ4v) is 3.20. The Kier molecular flexibility index (Phi) is 3.51. The van der Waals surface area contributed by atoms with Crippen LogP contribution in [0.1, 0.15) is 27.0 Å². The molecule has 2 heteroatoms. The molecule has 1 heterocycles. The Labute approximate surface area is 141 Å². The van der Waals surface area contributed by atoms with Gasteiger partial charge in [0, 0.05) is 18.2 Å². The quantitative estimate of drug-likeness (QED) is 0.628. The van der Waals surface area contributed by atoms with E-state index >= 15 is 0 Å². The highest BCUT2D eigenvalue weighted by Gasteiger charge is 2.26. The summed E-state index contributed by atoms with van der Waals surface area (Å²) in [5.74, 6) is 0.0227. The van der Waals surface area contributed by atoms with Crippen molar-refractivity contribution in [3.63, 3.8) is 0 Å². The second-order valence-corrected chi connectivity index (χ2v) is 5.90. The maximum atomic E-state index is 12.9. The predicted molar refractivity (Wildman–Crippen MR) is 99.0 cm³/mol. The molecule has 1 aliphatic heterocycles. The van der Waals surface area contributed by atoms with Crippen molar-refractivity contribution in [2.75, 3.05) is 11.9 Å². The van der Waals surface area contributed by atoms with Crippen LogP contribution in [0.15, 0.2) is 78.9 Å². The van der Waals surface area contributed by atoms with Gasteiger partial charge in [0.1, 0.15) is 0 Å². The first-order valence-corrected chi connectivity index (χ1v) is 7.99. The van der Waals surface area contributed by atoms with Crippen molar-refractivity contribution >= 4 is 23.2 Å². The van der Waals surface area contributed by atoms with Crippen LogP contribution in [-0.4, -0.2) is 13.0 Å². The average molecular weight is 311 g/mol. The van der Waals surface area contributed by atoms with E-state index in [2.05, 4.69) is 24.3 Å². The molecule has 1 aliphatic rings. The molecule has 0 bridgehead atoms. The van der Waals surface area contributed by atoms with E-state index in [1.165, 1.54) is 0 Å². The van der Waals surface area contributed by atoms with Crippen LogP contribution < -0.4 is 4.90 Å². The maximum Gasteiger partial charge on any atom is 0.258 e. The van der Waals surface area contributed by atoms with E-state index in [0.29, 0.717) is 0 Å². The molecule has 0 aromatic heterocycles. The van der Waals surface area contributed by atoms with Gasteiger partial charge in [0.05, 0.1) is 5.69 Å². The number of benzene rings is 3. The molecule has 0 aliphatic carbocycles. The average Bonchev–Trinajstić information content (AvgIpc) is 2.73. The molecule has 0 saturated carbocycles. The number of hydrogen-bond donors (Lipinski definition) is 0. The Balaban J connectivity index is 2.05. The van der Waals surface area contributed by atoms with Gasteiger partial charge in [-0.25, -0.2) is 0 Å². The number of amides is 1. The van der Waals surface area contributed by atoms with Crippen molar-refractivity contribution in [2.45, 2.75) is 0 Å². The Morgan fingerprint density at radius 1 is 0.708 bits per heavy atom. The first-order chi connectivity index (χ1) is 11.8. The van der Waals surface area contributed by atoms with E-state index < -0.39 is 0 Å². The zero-order valence-corrected chi connectivity index (χ0v) is 13.4. The molecule has 3 aromatic rings. The van der Waals surface area contributed by atoms with Crippen LogP contribution in [0, 0.1) is 0 Å². The van der Waals surface area contributed by atoms with Crippen molar-refractivity contribution in [1.82, 2.24) is 0 Å². The maximum absolute atomic E-state index is 12.9. The van der Waals surface area contributed by atoms with Gasteiger partial charge in [-0.15, -0.1) is 0 Å². The van der Waals surface area contributed by atoms with E-state index in [1.807, 2.05) is 67.7 Å². The molecule has 0 saturated heterocycles. The van der Waals surface area contributed by atoms with Crippen molar-refractivity contribution in [1.29, 1.82) is 0 Å². The fourth-order valence-electron chi connectivity index (χ4n) is 3.20. The molecule has 2 nitrogen and oxygen atoms in total. The molecule has 0 unspecified atom stereocenters. The van der Waals surface area contributed by atoms with Gasteiger partial charge in [0.2, 0.25) is 0 Å². The van der Waals surface area contributed by atoms with Crippen LogP contribution in [0.2, 0.25) is 0 Å². The van der Waals surface area contributed by atoms with Gasteiger partial charge in [-0.3, -0.25) is 4.79 Å². The molecular formula is C22H17NO. The number of fused-ring (bicyclic) bond motifs is 2. The number of carbonyl (C=O) groups excluding carboxylic acids is 1. The zero-order valence-electron chi connectivity index (χ0n) is 13.4. The molecule has 0 fully saturated rings. The normalized spacial score (nSPS) is 15.0. The molecule has 3 aromatic carbocycles. The Morgan fingerprint density at radius 3 is 2.04 bits per heavy atom. The van der Waals surface area contributed by atoms with Crippen LogP contribution in [0.3, 0.4) is 0 Å². The molecule has 0 radical (unpaired) electrons. The summed E-state index contributed by atoms with van der Waals surface area (Å²) in [5.41, 5.74) is 5.91. The zero-order chi connectivity index (χ0) is 16.5. The number of rotatable bonds is 1. The molecule has 0 spiro atoms. The summed E-state index contributed by atoms with van der Waals surface area (Å²) in [5, 5.41) is 0. The third-order valence-corrected chi connectivity index (χ3v) is 4.42. The number of nitrogens with zero attached hydrogens (tertiary/aromatic N) is 1. The van der Waals surface area contributed by atoms with E-state index in [0.717, 1.165) is 33.5 Å². The third-order valence-electron chi connectivity index (χ3n) is 4.42. The second kappa shape index (κ2) is 5.82. The minimum Gasteiger partial charge on any atom is -0.311 e. The van der Waals surface area contributed by atoms with Gasteiger partial charge in [-0.05, 0) is 34.9 Å². The molecule has 116 valence electrons. The highest BCUT2D eigenvalue weighted by Crippen LogP contribution is 2.38. The topological polar surface area (TPSA) is 20.3 Å². The number of carbonyl (C=O) groups is 1. The van der Waals surface area contributed by atoms with Gasteiger partial charge in [-0.1, -0.05) is 66.7 Å². The van der Waals surface area contributed by atoms with Crippen LogP contribution in [0.5, 0.6) is 0 Å². The molecule has 0 atom stereocenters. The van der Waals surface area contributed by atoms with E-state index in [-0.39, 0.29) is 5.91 Å². The summed E-state index contributed by atoms with van der Waals surface area (Å²) in [6.45, 7) is 0. The lowest BCUT2D eigenvalue weighted by molar-refractivity contribution is 0.0993. The van der Waals surface area contributed by atoms with Crippen LogP contribution >= 0.6 is 0 Å². The lowest BCUT2D eigenvalue weighted by Gasteiger charge is -2.17. The first-order valence-electron chi connectivity index (χ1n) is 7.99. The fraction of sp³-hybridized carbons (Fsp3) is 0.0455. The van der Waals surface area contributed by atoms with Gasteiger partial charge in [-0.2, -0.15) is 0 Å². The first kappa shape index (κ1) is 14.5. The standard InChI is InChI=1S/C22H17NO/c1-23-21-14-8-7-12-18(21)20(15-16-9-3-2-4-10-16)17-11-5-6-13-19(17)22(23)24/h2-15H,1H3/b20-15-. The lowest BCUT2D eigenvalue weighted by Crippen LogP contribution is -2.25. The van der Waals surface area contributed by atoms with Crippen LogP contribution in [0.25, 0.3) is 11.6 Å². The van der Waals surface area contributed by atoms with Crippen LogP contribution in [-0.2, 0) is 0 Å².